The summed E-state index contributed by atoms with van der Waals surface area (Å²) in [5.41, 5.74) is 1.23. The van der Waals surface area contributed by atoms with Crippen LogP contribution in [-0.4, -0.2) is 28.0 Å². The predicted octanol–water partition coefficient (Wildman–Crippen LogP) is 1.48. The van der Waals surface area contributed by atoms with Crippen molar-refractivity contribution in [1.82, 2.24) is 15.1 Å². The molecule has 1 aliphatic carbocycles. The Labute approximate surface area is 103 Å². The van der Waals surface area contributed by atoms with Crippen LogP contribution in [0.1, 0.15) is 37.8 Å². The molecule has 0 aliphatic heterocycles. The summed E-state index contributed by atoms with van der Waals surface area (Å²) in [5, 5.41) is 17.0. The fourth-order valence-corrected chi connectivity index (χ4v) is 2.73. The Hall–Kier alpha value is -0.870. The standard InChI is InChI=1S/C13H23N3O/c1-10(13-7-15-16(2)8-13)14-6-11-4-3-5-12(11)9-17/h7-8,10-12,14,17H,3-6,9H2,1-2H3. The molecule has 0 spiro atoms. The number of hydrogen-bond acceptors (Lipinski definition) is 3. The van der Waals surface area contributed by atoms with E-state index in [0.29, 0.717) is 24.5 Å². The summed E-state index contributed by atoms with van der Waals surface area (Å²) < 4.78 is 1.83. The van der Waals surface area contributed by atoms with Crippen LogP contribution < -0.4 is 5.32 Å². The molecule has 96 valence electrons. The molecule has 0 saturated heterocycles. The van der Waals surface area contributed by atoms with Gasteiger partial charge in [-0.25, -0.2) is 0 Å². The van der Waals surface area contributed by atoms with Crippen molar-refractivity contribution in [2.45, 2.75) is 32.2 Å². The van der Waals surface area contributed by atoms with Gasteiger partial charge in [0.1, 0.15) is 0 Å². The third-order valence-electron chi connectivity index (χ3n) is 3.96. The van der Waals surface area contributed by atoms with Crippen LogP contribution in [0, 0.1) is 11.8 Å². The van der Waals surface area contributed by atoms with Crippen LogP contribution in [0.15, 0.2) is 12.4 Å². The van der Waals surface area contributed by atoms with Crippen molar-refractivity contribution in [3.05, 3.63) is 18.0 Å². The van der Waals surface area contributed by atoms with Crippen molar-refractivity contribution in [1.29, 1.82) is 0 Å². The van der Waals surface area contributed by atoms with Gasteiger partial charge in [-0.15, -0.1) is 0 Å². The van der Waals surface area contributed by atoms with Crippen molar-refractivity contribution in [2.75, 3.05) is 13.2 Å². The molecule has 1 heterocycles. The lowest BCUT2D eigenvalue weighted by atomic mass is 9.96. The summed E-state index contributed by atoms with van der Waals surface area (Å²) in [5.74, 6) is 1.14. The van der Waals surface area contributed by atoms with Crippen LogP contribution >= 0.6 is 0 Å². The van der Waals surface area contributed by atoms with Gasteiger partial charge in [0, 0.05) is 31.5 Å². The predicted molar refractivity (Wildman–Crippen MR) is 67.5 cm³/mol. The molecule has 1 fully saturated rings. The largest absolute Gasteiger partial charge is 0.396 e. The Bertz CT molecular complexity index is 350. The van der Waals surface area contributed by atoms with Crippen molar-refractivity contribution < 1.29 is 5.11 Å². The molecule has 3 atom stereocenters. The highest BCUT2D eigenvalue weighted by Crippen LogP contribution is 2.31. The zero-order valence-electron chi connectivity index (χ0n) is 10.8. The zero-order valence-corrected chi connectivity index (χ0v) is 10.8. The lowest BCUT2D eigenvalue weighted by molar-refractivity contribution is 0.190. The van der Waals surface area contributed by atoms with E-state index in [1.807, 2.05) is 17.9 Å². The molecular weight excluding hydrogens is 214 g/mol. The first kappa shape index (κ1) is 12.6. The summed E-state index contributed by atoms with van der Waals surface area (Å²) in [6.07, 6.45) is 7.66. The van der Waals surface area contributed by atoms with E-state index in [1.165, 1.54) is 24.8 Å². The van der Waals surface area contributed by atoms with Gasteiger partial charge in [0.2, 0.25) is 0 Å². The highest BCUT2D eigenvalue weighted by Gasteiger charge is 2.26. The Morgan fingerprint density at radius 2 is 2.29 bits per heavy atom. The third-order valence-corrected chi connectivity index (χ3v) is 3.96. The second-order valence-electron chi connectivity index (χ2n) is 5.21. The minimum absolute atomic E-state index is 0.337. The average Bonchev–Trinajstić information content (AvgIpc) is 2.94. The molecule has 3 unspecified atom stereocenters. The number of aromatic nitrogens is 2. The van der Waals surface area contributed by atoms with E-state index in [4.69, 9.17) is 0 Å². The second kappa shape index (κ2) is 5.65. The molecule has 17 heavy (non-hydrogen) atoms. The van der Waals surface area contributed by atoms with Gasteiger partial charge in [0.05, 0.1) is 6.20 Å². The van der Waals surface area contributed by atoms with E-state index in [-0.39, 0.29) is 0 Å². The SMILES string of the molecule is CC(NCC1CCCC1CO)c1cnn(C)c1. The van der Waals surface area contributed by atoms with Crippen molar-refractivity contribution >= 4 is 0 Å². The third kappa shape index (κ3) is 3.07. The molecule has 2 rings (SSSR count). The summed E-state index contributed by atoms with van der Waals surface area (Å²) >= 11 is 0. The van der Waals surface area contributed by atoms with Gasteiger partial charge in [-0.2, -0.15) is 5.10 Å². The Balaban J connectivity index is 1.81. The molecule has 4 nitrogen and oxygen atoms in total. The van der Waals surface area contributed by atoms with Gasteiger partial charge >= 0.3 is 0 Å². The molecule has 4 heteroatoms. The first-order valence-electron chi connectivity index (χ1n) is 6.53. The first-order valence-corrected chi connectivity index (χ1v) is 6.53. The second-order valence-corrected chi connectivity index (χ2v) is 5.21. The molecule has 0 bridgehead atoms. The van der Waals surface area contributed by atoms with E-state index < -0.39 is 0 Å². The molecule has 1 aliphatic rings. The minimum atomic E-state index is 0.337. The maximum atomic E-state index is 9.28. The Morgan fingerprint density at radius 1 is 1.53 bits per heavy atom. The minimum Gasteiger partial charge on any atom is -0.396 e. The fourth-order valence-electron chi connectivity index (χ4n) is 2.73. The number of nitrogens with zero attached hydrogens (tertiary/aromatic N) is 2. The van der Waals surface area contributed by atoms with Gasteiger partial charge in [0.15, 0.2) is 0 Å². The maximum absolute atomic E-state index is 9.28. The number of aliphatic hydroxyl groups excluding tert-OH is 1. The topological polar surface area (TPSA) is 50.1 Å². The first-order chi connectivity index (χ1) is 8.20. The maximum Gasteiger partial charge on any atom is 0.0537 e. The quantitative estimate of drug-likeness (QED) is 0.815. The van der Waals surface area contributed by atoms with E-state index >= 15 is 0 Å². The molecule has 1 saturated carbocycles. The molecule has 2 N–H and O–H groups in total. The molecule has 1 aromatic rings. The van der Waals surface area contributed by atoms with Crippen LogP contribution in [0.4, 0.5) is 0 Å². The van der Waals surface area contributed by atoms with Gasteiger partial charge in [-0.3, -0.25) is 4.68 Å². The fraction of sp³-hybridized carbons (Fsp3) is 0.769. The molecule has 0 aromatic carbocycles. The lowest BCUT2D eigenvalue weighted by Crippen LogP contribution is -2.28. The van der Waals surface area contributed by atoms with Crippen LogP contribution in [-0.2, 0) is 7.05 Å². The van der Waals surface area contributed by atoms with Crippen molar-refractivity contribution in [2.24, 2.45) is 18.9 Å². The lowest BCUT2D eigenvalue weighted by Gasteiger charge is -2.20. The van der Waals surface area contributed by atoms with Gasteiger partial charge in [0.25, 0.3) is 0 Å². The number of rotatable bonds is 5. The Kier molecular flexibility index (Phi) is 4.18. The van der Waals surface area contributed by atoms with Gasteiger partial charge in [-0.05, 0) is 38.1 Å². The summed E-state index contributed by atoms with van der Waals surface area (Å²) in [7, 11) is 1.94. The number of aryl methyl sites for hydroxylation is 1. The van der Waals surface area contributed by atoms with Crippen LogP contribution in [0.2, 0.25) is 0 Å². The monoisotopic (exact) mass is 237 g/mol. The number of aliphatic hydroxyl groups is 1. The van der Waals surface area contributed by atoms with Gasteiger partial charge in [-0.1, -0.05) is 6.42 Å². The number of hydrogen-bond donors (Lipinski definition) is 2. The average molecular weight is 237 g/mol. The Morgan fingerprint density at radius 3 is 2.94 bits per heavy atom. The van der Waals surface area contributed by atoms with Crippen LogP contribution in [0.5, 0.6) is 0 Å². The smallest absolute Gasteiger partial charge is 0.0537 e. The van der Waals surface area contributed by atoms with Crippen molar-refractivity contribution in [3.8, 4) is 0 Å². The van der Waals surface area contributed by atoms with Crippen molar-refractivity contribution in [3.63, 3.8) is 0 Å². The molecule has 0 radical (unpaired) electrons. The van der Waals surface area contributed by atoms with E-state index in [1.54, 1.807) is 0 Å². The molecule has 0 amide bonds. The zero-order chi connectivity index (χ0) is 12.3. The summed E-state index contributed by atoms with van der Waals surface area (Å²) in [6.45, 7) is 3.51. The summed E-state index contributed by atoms with van der Waals surface area (Å²) in [4.78, 5) is 0. The molecule has 1 aromatic heterocycles. The van der Waals surface area contributed by atoms with Crippen LogP contribution in [0.3, 0.4) is 0 Å². The highest BCUT2D eigenvalue weighted by atomic mass is 16.3. The highest BCUT2D eigenvalue weighted by molar-refractivity contribution is 5.08. The van der Waals surface area contributed by atoms with E-state index in [0.717, 1.165) is 6.54 Å². The van der Waals surface area contributed by atoms with E-state index in [2.05, 4.69) is 23.5 Å². The van der Waals surface area contributed by atoms with E-state index in [9.17, 15) is 5.11 Å². The molecular formula is C13H23N3O. The number of nitrogens with one attached hydrogen (secondary N) is 1. The van der Waals surface area contributed by atoms with Gasteiger partial charge < -0.3 is 10.4 Å². The normalized spacial score (nSPS) is 26.3. The summed E-state index contributed by atoms with van der Waals surface area (Å²) in [6, 6.07) is 0.337. The van der Waals surface area contributed by atoms with Crippen LogP contribution in [0.25, 0.3) is 0 Å².